The molecule has 1 saturated carbocycles. The number of fused-ring (bicyclic) bond motifs is 1. The molecule has 0 saturated heterocycles. The molecule has 26 valence electrons. The minimum absolute atomic E-state index is 1.04. The molecule has 1 atom stereocenters. The summed E-state index contributed by atoms with van der Waals surface area (Å²) in [6, 6.07) is 0. The van der Waals surface area contributed by atoms with E-state index in [1.165, 1.54) is 6.42 Å². The van der Waals surface area contributed by atoms with Crippen LogP contribution >= 0.6 is 22.6 Å². The zero-order valence-electron chi connectivity index (χ0n) is 2.66. The third-order valence-corrected chi connectivity index (χ3v) is 2.66. The zero-order valence-corrected chi connectivity index (χ0v) is 4.82. The Morgan fingerprint density at radius 1 is 1.80 bits per heavy atom. The van der Waals surface area contributed by atoms with Crippen LogP contribution in [-0.4, -0.2) is 0 Å². The molecule has 0 aromatic carbocycles. The Morgan fingerprint density at radius 2 is 2.20 bits per heavy atom. The van der Waals surface area contributed by atoms with Crippen molar-refractivity contribution in [1.82, 2.24) is 0 Å². The lowest BCUT2D eigenvalue weighted by Gasteiger charge is -1.67. The second-order valence-electron chi connectivity index (χ2n) is 1.63. The van der Waals surface area contributed by atoms with Gasteiger partial charge in [0.15, 0.2) is 0 Å². The van der Waals surface area contributed by atoms with E-state index in [9.17, 15) is 0 Å². The average Bonchev–Trinajstić information content (AvgIpc) is 2.11. The van der Waals surface area contributed by atoms with Crippen LogP contribution in [0.1, 0.15) is 6.42 Å². The molecule has 0 heterocycles. The van der Waals surface area contributed by atoms with Gasteiger partial charge in [-0.1, -0.05) is 5.57 Å². The maximum atomic E-state index is 2.41. The highest BCUT2D eigenvalue weighted by Crippen LogP contribution is 2.64. The van der Waals surface area contributed by atoms with Crippen LogP contribution in [0.2, 0.25) is 0 Å². The lowest BCUT2D eigenvalue weighted by Crippen LogP contribution is -1.49. The fourth-order valence-corrected chi connectivity index (χ4v) is 1.54. The molecule has 0 radical (unpaired) electrons. The standard InChI is InChI=1S/C4H3I/c5-4-2-1-3(2)4/h2H,1H2/t2-/m1/s1. The minimum Gasteiger partial charge on any atom is -0.0511 e. The van der Waals surface area contributed by atoms with Gasteiger partial charge in [-0.2, -0.15) is 0 Å². The van der Waals surface area contributed by atoms with Crippen molar-refractivity contribution >= 4 is 22.6 Å². The second kappa shape index (κ2) is 0.491. The molecule has 0 aliphatic heterocycles. The van der Waals surface area contributed by atoms with Gasteiger partial charge in [-0.25, -0.2) is 0 Å². The summed E-state index contributed by atoms with van der Waals surface area (Å²) in [5.74, 6) is 1.04. The molecule has 0 nitrogen and oxygen atoms in total. The molecule has 2 aliphatic rings. The number of rotatable bonds is 0. The summed E-state index contributed by atoms with van der Waals surface area (Å²) in [5.41, 5.74) is 1.74. The molecule has 2 rings (SSSR count). The van der Waals surface area contributed by atoms with Crippen molar-refractivity contribution in [2.75, 3.05) is 0 Å². The number of allylic oxidation sites excluding steroid dienone is 2. The fraction of sp³-hybridized carbons (Fsp3) is 0.500. The molecule has 2 aliphatic carbocycles. The van der Waals surface area contributed by atoms with Gasteiger partial charge >= 0.3 is 0 Å². The van der Waals surface area contributed by atoms with Crippen molar-refractivity contribution in [3.8, 4) is 0 Å². The van der Waals surface area contributed by atoms with Crippen LogP contribution in [0.5, 0.6) is 0 Å². The van der Waals surface area contributed by atoms with E-state index in [-0.39, 0.29) is 0 Å². The summed E-state index contributed by atoms with van der Waals surface area (Å²) in [5, 5.41) is 0. The third-order valence-electron chi connectivity index (χ3n) is 1.21. The first-order valence-corrected chi connectivity index (χ1v) is 2.86. The summed E-state index contributed by atoms with van der Waals surface area (Å²) in [4.78, 5) is 0. The topological polar surface area (TPSA) is 0 Å². The molecule has 0 amide bonds. The molecule has 0 N–H and O–H groups in total. The molecule has 0 bridgehead atoms. The van der Waals surface area contributed by atoms with E-state index in [4.69, 9.17) is 0 Å². The predicted molar refractivity (Wildman–Crippen MR) is 29.2 cm³/mol. The maximum Gasteiger partial charge on any atom is 0.0155 e. The Bertz CT molecular complexity index is 107. The molecular weight excluding hydrogens is 175 g/mol. The van der Waals surface area contributed by atoms with E-state index in [0.717, 1.165) is 5.92 Å². The highest BCUT2D eigenvalue weighted by molar-refractivity contribution is 14.1. The van der Waals surface area contributed by atoms with Gasteiger partial charge in [0.05, 0.1) is 0 Å². The van der Waals surface area contributed by atoms with Gasteiger partial charge < -0.3 is 0 Å². The summed E-state index contributed by atoms with van der Waals surface area (Å²) < 4.78 is 1.66. The maximum absolute atomic E-state index is 2.41. The Kier molecular flexibility index (Phi) is 0.256. The van der Waals surface area contributed by atoms with Crippen molar-refractivity contribution in [1.29, 1.82) is 0 Å². The lowest BCUT2D eigenvalue weighted by atomic mass is 10.6. The molecule has 1 fully saturated rings. The van der Waals surface area contributed by atoms with E-state index in [1.807, 2.05) is 0 Å². The Balaban J connectivity index is 2.55. The molecule has 0 unspecified atom stereocenters. The van der Waals surface area contributed by atoms with Crippen LogP contribution in [0.25, 0.3) is 0 Å². The molecule has 0 aromatic heterocycles. The summed E-state index contributed by atoms with van der Waals surface area (Å²) in [6.45, 7) is 0. The fourth-order valence-electron chi connectivity index (χ4n) is 0.504. The van der Waals surface area contributed by atoms with Crippen molar-refractivity contribution < 1.29 is 0 Å². The Hall–Kier alpha value is 0.470. The van der Waals surface area contributed by atoms with E-state index < -0.39 is 0 Å². The lowest BCUT2D eigenvalue weighted by molar-refractivity contribution is 1.21. The van der Waals surface area contributed by atoms with Gasteiger partial charge in [-0.05, 0) is 32.6 Å². The molecule has 5 heavy (non-hydrogen) atoms. The van der Waals surface area contributed by atoms with E-state index in [2.05, 4.69) is 22.6 Å². The minimum atomic E-state index is 1.04. The van der Waals surface area contributed by atoms with Crippen LogP contribution in [0, 0.1) is 5.92 Å². The molecule has 1 heteroatoms. The summed E-state index contributed by atoms with van der Waals surface area (Å²) in [6.07, 6.45) is 1.44. The Morgan fingerprint density at radius 3 is 2.20 bits per heavy atom. The monoisotopic (exact) mass is 178 g/mol. The van der Waals surface area contributed by atoms with Crippen LogP contribution < -0.4 is 0 Å². The van der Waals surface area contributed by atoms with Gasteiger partial charge in [0.2, 0.25) is 0 Å². The second-order valence-corrected chi connectivity index (χ2v) is 2.79. The predicted octanol–water partition coefficient (Wildman–Crippen LogP) is 1.71. The van der Waals surface area contributed by atoms with Crippen molar-refractivity contribution in [2.45, 2.75) is 6.42 Å². The van der Waals surface area contributed by atoms with E-state index >= 15 is 0 Å². The van der Waals surface area contributed by atoms with Crippen LogP contribution in [0.4, 0.5) is 0 Å². The van der Waals surface area contributed by atoms with E-state index in [0.29, 0.717) is 0 Å². The van der Waals surface area contributed by atoms with Gasteiger partial charge in [0, 0.05) is 5.92 Å². The van der Waals surface area contributed by atoms with Crippen LogP contribution in [-0.2, 0) is 0 Å². The largest absolute Gasteiger partial charge is 0.0511 e. The van der Waals surface area contributed by atoms with Crippen molar-refractivity contribution in [2.24, 2.45) is 5.92 Å². The number of hydrogen-bond acceptors (Lipinski definition) is 0. The quantitative estimate of drug-likeness (QED) is 0.495. The number of hydrogen-bond donors (Lipinski definition) is 0. The van der Waals surface area contributed by atoms with Gasteiger partial charge in [-0.15, -0.1) is 0 Å². The Labute approximate surface area is 44.4 Å². The number of halogens is 1. The highest BCUT2D eigenvalue weighted by atomic mass is 127. The van der Waals surface area contributed by atoms with Gasteiger partial charge in [-0.3, -0.25) is 0 Å². The van der Waals surface area contributed by atoms with Crippen LogP contribution in [0.15, 0.2) is 9.15 Å². The first-order valence-electron chi connectivity index (χ1n) is 1.78. The smallest absolute Gasteiger partial charge is 0.0155 e. The SMILES string of the molecule is IC1=C2C[C@@H]12. The molecule has 0 aromatic rings. The zero-order chi connectivity index (χ0) is 3.44. The van der Waals surface area contributed by atoms with E-state index in [1.54, 1.807) is 9.15 Å². The molecule has 0 spiro atoms. The summed E-state index contributed by atoms with van der Waals surface area (Å²) in [7, 11) is 0. The first-order chi connectivity index (χ1) is 2.39. The average molecular weight is 178 g/mol. The van der Waals surface area contributed by atoms with Gasteiger partial charge in [0.25, 0.3) is 0 Å². The third kappa shape index (κ3) is 0.175. The highest BCUT2D eigenvalue weighted by Gasteiger charge is 2.49. The van der Waals surface area contributed by atoms with Crippen LogP contribution in [0.3, 0.4) is 0 Å². The normalized spacial score (nSPS) is 41.4. The van der Waals surface area contributed by atoms with Crippen molar-refractivity contribution in [3.63, 3.8) is 0 Å². The van der Waals surface area contributed by atoms with Gasteiger partial charge in [0.1, 0.15) is 0 Å². The molecular formula is C4H3I. The summed E-state index contributed by atoms with van der Waals surface area (Å²) >= 11 is 2.41. The van der Waals surface area contributed by atoms with Crippen molar-refractivity contribution in [3.05, 3.63) is 9.15 Å². The first kappa shape index (κ1) is 2.61.